The molecule has 108 valence electrons. The van der Waals surface area contributed by atoms with Crippen LogP contribution >= 0.6 is 0 Å². The maximum absolute atomic E-state index is 12.1. The summed E-state index contributed by atoms with van der Waals surface area (Å²) >= 11 is 0. The Morgan fingerprint density at radius 3 is 2.16 bits per heavy atom. The van der Waals surface area contributed by atoms with Gasteiger partial charge in [0.15, 0.2) is 0 Å². The van der Waals surface area contributed by atoms with Crippen LogP contribution in [0.25, 0.3) is 0 Å². The van der Waals surface area contributed by atoms with E-state index in [1.54, 1.807) is 7.05 Å². The standard InChI is InChI=1S/C13H23N3O2S/c1-15(2)10-11-19(17,18)16(3)13-6-4-12(5-7-13)8-9-14/h4-7H,8-11,14H2,1-3H3. The van der Waals surface area contributed by atoms with Gasteiger partial charge in [-0.05, 0) is 44.8 Å². The van der Waals surface area contributed by atoms with Gasteiger partial charge in [0.05, 0.1) is 11.4 Å². The van der Waals surface area contributed by atoms with Crippen molar-refractivity contribution in [3.05, 3.63) is 29.8 Å². The second kappa shape index (κ2) is 6.88. The van der Waals surface area contributed by atoms with E-state index in [4.69, 9.17) is 5.73 Å². The van der Waals surface area contributed by atoms with Crippen molar-refractivity contribution in [2.45, 2.75) is 6.42 Å². The first kappa shape index (κ1) is 15.9. The summed E-state index contributed by atoms with van der Waals surface area (Å²) in [5.41, 5.74) is 7.28. The molecule has 0 heterocycles. The first-order valence-corrected chi connectivity index (χ1v) is 7.88. The lowest BCUT2D eigenvalue weighted by Crippen LogP contribution is -2.33. The fourth-order valence-corrected chi connectivity index (χ4v) is 2.95. The third-order valence-electron chi connectivity index (χ3n) is 2.95. The molecule has 1 rings (SSSR count). The van der Waals surface area contributed by atoms with Gasteiger partial charge in [-0.3, -0.25) is 4.31 Å². The Morgan fingerprint density at radius 2 is 1.68 bits per heavy atom. The molecule has 0 saturated carbocycles. The van der Waals surface area contributed by atoms with Crippen molar-refractivity contribution in [1.82, 2.24) is 4.90 Å². The zero-order valence-corrected chi connectivity index (χ0v) is 12.7. The van der Waals surface area contributed by atoms with Crippen molar-refractivity contribution in [3.63, 3.8) is 0 Å². The Labute approximate surface area is 116 Å². The van der Waals surface area contributed by atoms with E-state index in [1.165, 1.54) is 4.31 Å². The first-order chi connectivity index (χ1) is 8.86. The minimum atomic E-state index is -3.27. The van der Waals surface area contributed by atoms with E-state index in [9.17, 15) is 8.42 Å². The van der Waals surface area contributed by atoms with Crippen LogP contribution in [0.4, 0.5) is 5.69 Å². The molecule has 5 nitrogen and oxygen atoms in total. The highest BCUT2D eigenvalue weighted by Crippen LogP contribution is 2.17. The number of anilines is 1. The number of hydrogen-bond acceptors (Lipinski definition) is 4. The molecule has 6 heteroatoms. The number of nitrogens with zero attached hydrogens (tertiary/aromatic N) is 2. The molecule has 0 bridgehead atoms. The lowest BCUT2D eigenvalue weighted by Gasteiger charge is -2.21. The topological polar surface area (TPSA) is 66.6 Å². The minimum Gasteiger partial charge on any atom is -0.330 e. The van der Waals surface area contributed by atoms with Gasteiger partial charge < -0.3 is 10.6 Å². The normalized spacial score (nSPS) is 11.8. The van der Waals surface area contributed by atoms with Crippen molar-refractivity contribution in [1.29, 1.82) is 0 Å². The number of rotatable bonds is 7. The van der Waals surface area contributed by atoms with E-state index in [2.05, 4.69) is 0 Å². The Kier molecular flexibility index (Phi) is 5.78. The zero-order chi connectivity index (χ0) is 14.5. The predicted octanol–water partition coefficient (Wildman–Crippen LogP) is 0.515. The van der Waals surface area contributed by atoms with Gasteiger partial charge >= 0.3 is 0 Å². The third-order valence-corrected chi connectivity index (χ3v) is 4.69. The molecule has 0 aromatic heterocycles. The van der Waals surface area contributed by atoms with Crippen LogP contribution in [-0.4, -0.2) is 53.3 Å². The maximum atomic E-state index is 12.1. The Hall–Kier alpha value is -1.11. The maximum Gasteiger partial charge on any atom is 0.236 e. The van der Waals surface area contributed by atoms with Gasteiger partial charge in [-0.15, -0.1) is 0 Å². The molecule has 1 aromatic rings. The molecule has 2 N–H and O–H groups in total. The zero-order valence-electron chi connectivity index (χ0n) is 11.8. The van der Waals surface area contributed by atoms with Crippen molar-refractivity contribution >= 4 is 15.7 Å². The summed E-state index contributed by atoms with van der Waals surface area (Å²) in [7, 11) is 2.04. The summed E-state index contributed by atoms with van der Waals surface area (Å²) in [6.45, 7) is 1.11. The van der Waals surface area contributed by atoms with Gasteiger partial charge in [-0.2, -0.15) is 0 Å². The third kappa shape index (κ3) is 4.81. The van der Waals surface area contributed by atoms with E-state index < -0.39 is 10.0 Å². The molecule has 0 amide bonds. The molecule has 0 atom stereocenters. The summed E-state index contributed by atoms with van der Waals surface area (Å²) < 4.78 is 25.6. The first-order valence-electron chi connectivity index (χ1n) is 6.27. The fraction of sp³-hybridized carbons (Fsp3) is 0.538. The van der Waals surface area contributed by atoms with E-state index in [-0.39, 0.29) is 5.75 Å². The molecule has 0 unspecified atom stereocenters. The highest BCUT2D eigenvalue weighted by Gasteiger charge is 2.18. The van der Waals surface area contributed by atoms with Gasteiger partial charge in [0.25, 0.3) is 0 Å². The second-order valence-corrected chi connectivity index (χ2v) is 6.91. The van der Waals surface area contributed by atoms with E-state index in [0.29, 0.717) is 18.8 Å². The van der Waals surface area contributed by atoms with Crippen LogP contribution in [0.3, 0.4) is 0 Å². The van der Waals surface area contributed by atoms with Crippen molar-refractivity contribution in [2.75, 3.05) is 44.3 Å². The van der Waals surface area contributed by atoms with Crippen LogP contribution in [0, 0.1) is 0 Å². The highest BCUT2D eigenvalue weighted by atomic mass is 32.2. The van der Waals surface area contributed by atoms with E-state index in [1.807, 2.05) is 43.3 Å². The average molecular weight is 285 g/mol. The Bertz CT molecular complexity index is 483. The molecule has 0 fully saturated rings. The molecule has 0 radical (unpaired) electrons. The van der Waals surface area contributed by atoms with Gasteiger partial charge in [-0.1, -0.05) is 12.1 Å². The van der Waals surface area contributed by atoms with Gasteiger partial charge in [-0.25, -0.2) is 8.42 Å². The number of nitrogens with two attached hydrogens (primary N) is 1. The van der Waals surface area contributed by atoms with Crippen molar-refractivity contribution in [3.8, 4) is 0 Å². The molecule has 0 aliphatic heterocycles. The lowest BCUT2D eigenvalue weighted by atomic mass is 10.1. The molecule has 1 aromatic carbocycles. The summed E-state index contributed by atoms with van der Waals surface area (Å²) in [6, 6.07) is 7.47. The van der Waals surface area contributed by atoms with Crippen LogP contribution in [0.1, 0.15) is 5.56 Å². The lowest BCUT2D eigenvalue weighted by molar-refractivity contribution is 0.432. The quantitative estimate of drug-likeness (QED) is 0.793. The largest absolute Gasteiger partial charge is 0.330 e. The summed E-state index contributed by atoms with van der Waals surface area (Å²) in [6.07, 6.45) is 0.803. The Morgan fingerprint density at radius 1 is 1.11 bits per heavy atom. The van der Waals surface area contributed by atoms with Crippen LogP contribution < -0.4 is 10.0 Å². The van der Waals surface area contributed by atoms with Gasteiger partial charge in [0, 0.05) is 13.6 Å². The fourth-order valence-electron chi connectivity index (χ4n) is 1.63. The summed E-state index contributed by atoms with van der Waals surface area (Å²) in [5.74, 6) is 0.112. The molecule has 0 aliphatic carbocycles. The van der Waals surface area contributed by atoms with Crippen LogP contribution in [-0.2, 0) is 16.4 Å². The molecule has 0 spiro atoms. The minimum absolute atomic E-state index is 0.112. The molecular weight excluding hydrogens is 262 g/mol. The summed E-state index contributed by atoms with van der Waals surface area (Å²) in [5, 5.41) is 0. The molecule has 0 saturated heterocycles. The van der Waals surface area contributed by atoms with Crippen LogP contribution in [0.2, 0.25) is 0 Å². The van der Waals surface area contributed by atoms with Gasteiger partial charge in [0.2, 0.25) is 10.0 Å². The number of sulfonamides is 1. The second-order valence-electron chi connectivity index (χ2n) is 4.79. The average Bonchev–Trinajstić information content (AvgIpc) is 2.37. The molecule has 19 heavy (non-hydrogen) atoms. The summed E-state index contributed by atoms with van der Waals surface area (Å²) in [4.78, 5) is 1.86. The number of hydrogen-bond donors (Lipinski definition) is 1. The SMILES string of the molecule is CN(C)CCS(=O)(=O)N(C)c1ccc(CCN)cc1. The number of benzene rings is 1. The van der Waals surface area contributed by atoms with Crippen LogP contribution in [0.5, 0.6) is 0 Å². The molecular formula is C13H23N3O2S. The monoisotopic (exact) mass is 285 g/mol. The Balaban J connectivity index is 2.78. The van der Waals surface area contributed by atoms with Crippen LogP contribution in [0.15, 0.2) is 24.3 Å². The highest BCUT2D eigenvalue weighted by molar-refractivity contribution is 7.92. The van der Waals surface area contributed by atoms with Crippen molar-refractivity contribution < 1.29 is 8.42 Å². The smallest absolute Gasteiger partial charge is 0.236 e. The van der Waals surface area contributed by atoms with E-state index >= 15 is 0 Å². The van der Waals surface area contributed by atoms with Crippen molar-refractivity contribution in [2.24, 2.45) is 5.73 Å². The molecule has 0 aliphatic rings. The van der Waals surface area contributed by atoms with E-state index in [0.717, 1.165) is 12.0 Å². The van der Waals surface area contributed by atoms with Gasteiger partial charge in [0.1, 0.15) is 0 Å². The predicted molar refractivity (Wildman–Crippen MR) is 79.9 cm³/mol.